The summed E-state index contributed by atoms with van der Waals surface area (Å²) in [5.41, 5.74) is 2.41. The second-order valence-corrected chi connectivity index (χ2v) is 7.13. The molecule has 0 atom stereocenters. The number of carbonyl (C=O) groups is 1. The second-order valence-electron chi connectivity index (χ2n) is 7.13. The molecule has 2 aromatic carbocycles. The summed E-state index contributed by atoms with van der Waals surface area (Å²) in [6, 6.07) is 20.5. The van der Waals surface area contributed by atoms with Gasteiger partial charge < -0.3 is 4.90 Å². The van der Waals surface area contributed by atoms with Crippen LogP contribution in [0.5, 0.6) is 0 Å². The van der Waals surface area contributed by atoms with E-state index in [-0.39, 0.29) is 5.91 Å². The summed E-state index contributed by atoms with van der Waals surface area (Å²) in [5, 5.41) is 0. The first-order valence-corrected chi connectivity index (χ1v) is 9.65. The van der Waals surface area contributed by atoms with Gasteiger partial charge in [0.2, 0.25) is 5.91 Å². The van der Waals surface area contributed by atoms with E-state index in [1.165, 1.54) is 11.1 Å². The average molecular weight is 364 g/mol. The van der Waals surface area contributed by atoms with Crippen molar-refractivity contribution in [2.45, 2.75) is 6.54 Å². The molecular weight excluding hydrogens is 334 g/mol. The molecule has 0 saturated carbocycles. The highest BCUT2D eigenvalue weighted by Gasteiger charge is 2.19. The van der Waals surface area contributed by atoms with Crippen LogP contribution in [0, 0.1) is 0 Å². The summed E-state index contributed by atoms with van der Waals surface area (Å²) in [6.45, 7) is 6.06. The molecular formula is C23H29N3O. The fourth-order valence-corrected chi connectivity index (χ4v) is 3.29. The summed E-state index contributed by atoms with van der Waals surface area (Å²) < 4.78 is 0. The number of carbonyl (C=O) groups excluding carboxylic acids is 1. The predicted molar refractivity (Wildman–Crippen MR) is 111 cm³/mol. The molecule has 0 spiro atoms. The van der Waals surface area contributed by atoms with Gasteiger partial charge in [0.15, 0.2) is 0 Å². The van der Waals surface area contributed by atoms with E-state index in [1.807, 2.05) is 36.2 Å². The second kappa shape index (κ2) is 10.0. The Kier molecular flexibility index (Phi) is 7.19. The van der Waals surface area contributed by atoms with Gasteiger partial charge in [-0.1, -0.05) is 72.8 Å². The monoisotopic (exact) mass is 363 g/mol. The fourth-order valence-electron chi connectivity index (χ4n) is 3.29. The lowest BCUT2D eigenvalue weighted by Gasteiger charge is -2.34. The van der Waals surface area contributed by atoms with Crippen LogP contribution in [-0.4, -0.2) is 66.9 Å². The number of rotatable bonds is 7. The Hall–Kier alpha value is -2.43. The molecule has 0 N–H and O–H groups in total. The van der Waals surface area contributed by atoms with Crippen molar-refractivity contribution in [3.8, 4) is 0 Å². The topological polar surface area (TPSA) is 26.8 Å². The molecule has 1 aliphatic rings. The Labute approximate surface area is 162 Å². The lowest BCUT2D eigenvalue weighted by Crippen LogP contribution is -2.49. The van der Waals surface area contributed by atoms with Gasteiger partial charge in [-0.15, -0.1) is 0 Å². The Morgan fingerprint density at radius 2 is 1.52 bits per heavy atom. The van der Waals surface area contributed by atoms with Gasteiger partial charge in [0.1, 0.15) is 0 Å². The molecule has 1 heterocycles. The van der Waals surface area contributed by atoms with E-state index in [2.05, 4.69) is 58.4 Å². The molecule has 4 heteroatoms. The van der Waals surface area contributed by atoms with E-state index < -0.39 is 0 Å². The number of benzene rings is 2. The van der Waals surface area contributed by atoms with Gasteiger partial charge in [-0.05, 0) is 11.1 Å². The predicted octanol–water partition coefficient (Wildman–Crippen LogP) is 2.98. The van der Waals surface area contributed by atoms with Crippen LogP contribution >= 0.6 is 0 Å². The maximum absolute atomic E-state index is 12.5. The molecule has 27 heavy (non-hydrogen) atoms. The largest absolute Gasteiger partial charge is 0.340 e. The highest BCUT2D eigenvalue weighted by molar-refractivity contribution is 5.78. The zero-order chi connectivity index (χ0) is 18.9. The van der Waals surface area contributed by atoms with Gasteiger partial charge in [0.25, 0.3) is 0 Å². The lowest BCUT2D eigenvalue weighted by molar-refractivity contribution is -0.132. The van der Waals surface area contributed by atoms with Gasteiger partial charge in [-0.3, -0.25) is 14.6 Å². The summed E-state index contributed by atoms with van der Waals surface area (Å²) in [5.74, 6) is 0.191. The molecule has 1 amide bonds. The SMILES string of the molecule is CN(Cc1ccccc1)C(=O)CN1CCN(C/C=C/c2ccccc2)CC1. The fraction of sp³-hybridized carbons (Fsp3) is 0.348. The zero-order valence-electron chi connectivity index (χ0n) is 16.1. The van der Waals surface area contributed by atoms with E-state index in [0.717, 1.165) is 32.7 Å². The number of hydrogen-bond donors (Lipinski definition) is 0. The third kappa shape index (κ3) is 6.35. The molecule has 2 aromatic rings. The van der Waals surface area contributed by atoms with Crippen molar-refractivity contribution in [3.05, 3.63) is 77.9 Å². The standard InChI is InChI=1S/C23H29N3O/c1-24(19-22-11-6-3-7-12-22)23(27)20-26-17-15-25(16-18-26)14-8-13-21-9-4-2-5-10-21/h2-13H,14-20H2,1H3/b13-8+. The number of piperazine rings is 1. The molecule has 3 rings (SSSR count). The van der Waals surface area contributed by atoms with Crippen molar-refractivity contribution in [1.29, 1.82) is 0 Å². The first kappa shape index (κ1) is 19.3. The third-order valence-corrected chi connectivity index (χ3v) is 4.99. The number of hydrogen-bond acceptors (Lipinski definition) is 3. The van der Waals surface area contributed by atoms with Crippen LogP contribution in [-0.2, 0) is 11.3 Å². The van der Waals surface area contributed by atoms with Crippen LogP contribution in [0.1, 0.15) is 11.1 Å². The first-order valence-electron chi connectivity index (χ1n) is 9.65. The Bertz CT molecular complexity index is 722. The number of amides is 1. The quantitative estimate of drug-likeness (QED) is 0.757. The Balaban J connectivity index is 1.37. The minimum Gasteiger partial charge on any atom is -0.340 e. The van der Waals surface area contributed by atoms with Crippen molar-refractivity contribution < 1.29 is 4.79 Å². The van der Waals surface area contributed by atoms with E-state index >= 15 is 0 Å². The summed E-state index contributed by atoms with van der Waals surface area (Å²) >= 11 is 0. The van der Waals surface area contributed by atoms with Crippen molar-refractivity contribution >= 4 is 12.0 Å². The van der Waals surface area contributed by atoms with Crippen molar-refractivity contribution in [1.82, 2.24) is 14.7 Å². The van der Waals surface area contributed by atoms with Crippen LogP contribution in [0.2, 0.25) is 0 Å². The lowest BCUT2D eigenvalue weighted by atomic mass is 10.2. The summed E-state index contributed by atoms with van der Waals surface area (Å²) in [4.78, 5) is 19.0. The molecule has 0 aliphatic carbocycles. The molecule has 1 saturated heterocycles. The number of likely N-dealkylation sites (N-methyl/N-ethyl adjacent to an activating group) is 1. The van der Waals surface area contributed by atoms with Crippen LogP contribution in [0.25, 0.3) is 6.08 Å². The maximum atomic E-state index is 12.5. The van der Waals surface area contributed by atoms with Gasteiger partial charge in [0, 0.05) is 46.3 Å². The molecule has 4 nitrogen and oxygen atoms in total. The summed E-state index contributed by atoms with van der Waals surface area (Å²) in [6.07, 6.45) is 4.40. The molecule has 0 unspecified atom stereocenters. The van der Waals surface area contributed by atoms with Gasteiger partial charge in [-0.25, -0.2) is 0 Å². The molecule has 1 aliphatic heterocycles. The zero-order valence-corrected chi connectivity index (χ0v) is 16.1. The maximum Gasteiger partial charge on any atom is 0.236 e. The van der Waals surface area contributed by atoms with Crippen LogP contribution < -0.4 is 0 Å². The highest BCUT2D eigenvalue weighted by atomic mass is 16.2. The van der Waals surface area contributed by atoms with Gasteiger partial charge in [0.05, 0.1) is 6.54 Å². The number of nitrogens with zero attached hydrogens (tertiary/aromatic N) is 3. The first-order chi connectivity index (χ1) is 13.2. The molecule has 1 fully saturated rings. The van der Waals surface area contributed by atoms with E-state index in [0.29, 0.717) is 13.1 Å². The van der Waals surface area contributed by atoms with Crippen molar-refractivity contribution in [3.63, 3.8) is 0 Å². The molecule has 0 radical (unpaired) electrons. The molecule has 0 aromatic heterocycles. The minimum atomic E-state index is 0.191. The van der Waals surface area contributed by atoms with Crippen molar-refractivity contribution in [2.75, 3.05) is 46.3 Å². The van der Waals surface area contributed by atoms with Crippen LogP contribution in [0.15, 0.2) is 66.7 Å². The third-order valence-electron chi connectivity index (χ3n) is 4.99. The van der Waals surface area contributed by atoms with Crippen LogP contribution in [0.3, 0.4) is 0 Å². The normalized spacial score (nSPS) is 15.9. The Morgan fingerprint density at radius 1 is 0.926 bits per heavy atom. The summed E-state index contributed by atoms with van der Waals surface area (Å²) in [7, 11) is 1.89. The van der Waals surface area contributed by atoms with Gasteiger partial charge in [-0.2, -0.15) is 0 Å². The Morgan fingerprint density at radius 3 is 2.19 bits per heavy atom. The van der Waals surface area contributed by atoms with E-state index in [1.54, 1.807) is 0 Å². The molecule has 0 bridgehead atoms. The average Bonchev–Trinajstić information content (AvgIpc) is 2.71. The van der Waals surface area contributed by atoms with E-state index in [9.17, 15) is 4.79 Å². The van der Waals surface area contributed by atoms with Crippen LogP contribution in [0.4, 0.5) is 0 Å². The highest BCUT2D eigenvalue weighted by Crippen LogP contribution is 2.07. The van der Waals surface area contributed by atoms with Gasteiger partial charge >= 0.3 is 0 Å². The smallest absolute Gasteiger partial charge is 0.236 e. The van der Waals surface area contributed by atoms with E-state index in [4.69, 9.17) is 0 Å². The van der Waals surface area contributed by atoms with Crippen molar-refractivity contribution in [2.24, 2.45) is 0 Å². The minimum absolute atomic E-state index is 0.191. The molecule has 142 valence electrons.